The average Bonchev–Trinajstić information content (AvgIpc) is 3.26. The minimum atomic E-state index is -0.816. The fourth-order valence-corrected chi connectivity index (χ4v) is 7.07. The Hall–Kier alpha value is -3.22. The first kappa shape index (κ1) is 58.8. The molecule has 0 radical (unpaired) electrons. The Bertz CT molecular complexity index is 1240. The zero-order valence-electron chi connectivity index (χ0n) is 40.2. The van der Waals surface area contributed by atoms with Crippen molar-refractivity contribution < 1.29 is 24.5 Å². The number of rotatable bonds is 44. The predicted molar refractivity (Wildman–Crippen MR) is 268 cm³/mol. The Labute approximate surface area is 382 Å². The summed E-state index contributed by atoms with van der Waals surface area (Å²) < 4.78 is 5.87. The number of allylic oxidation sites excluding steroid dienone is 16. The summed E-state index contributed by atoms with van der Waals surface area (Å²) in [6.07, 6.45) is 64.7. The Balaban J connectivity index is 4.78. The molecule has 3 atom stereocenters. The summed E-state index contributed by atoms with van der Waals surface area (Å²) in [4.78, 5) is 26.1. The first-order valence-electron chi connectivity index (χ1n) is 25.5. The Kier molecular flexibility index (Phi) is 46.3. The lowest BCUT2D eigenvalue weighted by Gasteiger charge is -2.24. The lowest BCUT2D eigenvalue weighted by atomic mass is 10.0. The third kappa shape index (κ3) is 43.4. The van der Waals surface area contributed by atoms with E-state index in [1.165, 1.54) is 83.5 Å². The van der Waals surface area contributed by atoms with Crippen LogP contribution in [0.15, 0.2) is 97.2 Å². The third-order valence-electron chi connectivity index (χ3n) is 10.9. The van der Waals surface area contributed by atoms with Crippen LogP contribution in [0.3, 0.4) is 0 Å². The number of esters is 1. The number of carbonyl (C=O) groups excluding carboxylic acids is 2. The SMILES string of the molecule is CC/C=C/C/C=C/C/C=C/C/C=C/CCCC(CC(=O)NC(CO)C(O)CCCCCCCCCCCCCC)OC(=O)CCC/C=C\C/C=C\C/C=C\C/C=C\CCCCC. The summed E-state index contributed by atoms with van der Waals surface area (Å²) in [5.74, 6) is -0.603. The van der Waals surface area contributed by atoms with Crippen LogP contribution >= 0.6 is 0 Å². The van der Waals surface area contributed by atoms with Gasteiger partial charge in [-0.1, -0.05) is 208 Å². The molecule has 0 fully saturated rings. The number of amides is 1. The van der Waals surface area contributed by atoms with Crippen LogP contribution in [0.25, 0.3) is 0 Å². The maximum absolute atomic E-state index is 13.2. The summed E-state index contributed by atoms with van der Waals surface area (Å²) in [5.41, 5.74) is 0. The van der Waals surface area contributed by atoms with Crippen molar-refractivity contribution in [3.63, 3.8) is 0 Å². The molecule has 3 N–H and O–H groups in total. The van der Waals surface area contributed by atoms with E-state index < -0.39 is 18.2 Å². The van der Waals surface area contributed by atoms with Gasteiger partial charge in [-0.2, -0.15) is 0 Å². The van der Waals surface area contributed by atoms with Crippen molar-refractivity contribution >= 4 is 11.9 Å². The second-order valence-electron chi connectivity index (χ2n) is 16.8. The van der Waals surface area contributed by atoms with Crippen molar-refractivity contribution in [1.82, 2.24) is 5.32 Å². The average molecular weight is 862 g/mol. The highest BCUT2D eigenvalue weighted by molar-refractivity contribution is 5.77. The smallest absolute Gasteiger partial charge is 0.306 e. The van der Waals surface area contributed by atoms with Crippen LogP contribution in [-0.2, 0) is 14.3 Å². The number of hydrogen-bond acceptors (Lipinski definition) is 5. The molecule has 354 valence electrons. The minimum Gasteiger partial charge on any atom is -0.462 e. The van der Waals surface area contributed by atoms with Gasteiger partial charge in [0.1, 0.15) is 6.10 Å². The van der Waals surface area contributed by atoms with E-state index in [-0.39, 0.29) is 24.9 Å². The first-order chi connectivity index (χ1) is 30.5. The molecule has 3 unspecified atom stereocenters. The predicted octanol–water partition coefficient (Wildman–Crippen LogP) is 15.3. The van der Waals surface area contributed by atoms with Crippen molar-refractivity contribution in [1.29, 1.82) is 0 Å². The van der Waals surface area contributed by atoms with E-state index in [2.05, 4.69) is 123 Å². The van der Waals surface area contributed by atoms with Gasteiger partial charge in [-0.15, -0.1) is 0 Å². The highest BCUT2D eigenvalue weighted by atomic mass is 16.5. The molecule has 0 aromatic rings. The monoisotopic (exact) mass is 862 g/mol. The second-order valence-corrected chi connectivity index (χ2v) is 16.8. The van der Waals surface area contributed by atoms with E-state index in [1.807, 2.05) is 0 Å². The number of ether oxygens (including phenoxy) is 1. The van der Waals surface area contributed by atoms with Gasteiger partial charge >= 0.3 is 5.97 Å². The Morgan fingerprint density at radius 1 is 0.484 bits per heavy atom. The molecule has 0 aromatic carbocycles. The molecular formula is C56H95NO5. The Morgan fingerprint density at radius 3 is 1.35 bits per heavy atom. The molecule has 0 bridgehead atoms. The van der Waals surface area contributed by atoms with Crippen LogP contribution < -0.4 is 5.32 Å². The topological polar surface area (TPSA) is 95.9 Å². The van der Waals surface area contributed by atoms with E-state index in [0.29, 0.717) is 25.7 Å². The quantitative estimate of drug-likeness (QED) is 0.0322. The number of aliphatic hydroxyl groups excluding tert-OH is 2. The molecule has 0 rings (SSSR count). The fourth-order valence-electron chi connectivity index (χ4n) is 7.07. The van der Waals surface area contributed by atoms with E-state index in [4.69, 9.17) is 4.74 Å². The number of carbonyl (C=O) groups is 2. The molecular weight excluding hydrogens is 767 g/mol. The van der Waals surface area contributed by atoms with E-state index in [1.54, 1.807) is 0 Å². The van der Waals surface area contributed by atoms with Gasteiger partial charge in [0.15, 0.2) is 0 Å². The zero-order valence-corrected chi connectivity index (χ0v) is 40.2. The summed E-state index contributed by atoms with van der Waals surface area (Å²) in [7, 11) is 0. The maximum Gasteiger partial charge on any atom is 0.306 e. The molecule has 0 spiro atoms. The van der Waals surface area contributed by atoms with Crippen LogP contribution in [0, 0.1) is 0 Å². The molecule has 0 aliphatic heterocycles. The van der Waals surface area contributed by atoms with Crippen molar-refractivity contribution in [2.45, 2.75) is 238 Å². The number of hydrogen-bond donors (Lipinski definition) is 3. The summed E-state index contributed by atoms with van der Waals surface area (Å²) in [5, 5.41) is 23.7. The van der Waals surface area contributed by atoms with Crippen LogP contribution in [-0.4, -0.2) is 46.9 Å². The molecule has 0 saturated carbocycles. The largest absolute Gasteiger partial charge is 0.462 e. The Morgan fingerprint density at radius 2 is 0.887 bits per heavy atom. The van der Waals surface area contributed by atoms with Crippen LogP contribution in [0.2, 0.25) is 0 Å². The molecule has 1 amide bonds. The lowest BCUT2D eigenvalue weighted by Crippen LogP contribution is -2.46. The fraction of sp³-hybridized carbons (Fsp3) is 0.679. The molecule has 0 aliphatic rings. The van der Waals surface area contributed by atoms with Crippen molar-refractivity contribution in [2.24, 2.45) is 0 Å². The molecule has 0 aromatic heterocycles. The van der Waals surface area contributed by atoms with E-state index >= 15 is 0 Å². The zero-order chi connectivity index (χ0) is 45.2. The highest BCUT2D eigenvalue weighted by Crippen LogP contribution is 2.16. The lowest BCUT2D eigenvalue weighted by molar-refractivity contribution is -0.151. The number of aliphatic hydroxyl groups is 2. The standard InChI is InChI=1S/C56H95NO5/c1-4-7-10-13-16-19-22-25-27-28-29-31-34-37-40-43-46-49-56(61)62-52(47-44-41-38-35-32-30-26-23-20-17-14-11-8-5-2)50-55(60)57-53(51-58)54(59)48-45-42-39-36-33-24-21-18-15-12-9-6-3/h8,11,16-17,19-20,25-27,29-31,35,37-38,40,52-54,58-59H,4-7,9-10,12-15,18,21-24,28,32-34,36,39,41-51H2,1-3H3,(H,57,60)/b11-8+,19-16-,20-17+,27-25-,30-26+,31-29-,38-35+,40-37-. The molecule has 0 aliphatic carbocycles. The van der Waals surface area contributed by atoms with Gasteiger partial charge in [-0.25, -0.2) is 0 Å². The first-order valence-corrected chi connectivity index (χ1v) is 25.5. The van der Waals surface area contributed by atoms with Gasteiger partial charge in [0.05, 0.1) is 25.2 Å². The van der Waals surface area contributed by atoms with Crippen LogP contribution in [0.1, 0.15) is 220 Å². The maximum atomic E-state index is 13.2. The van der Waals surface area contributed by atoms with Crippen LogP contribution in [0.4, 0.5) is 0 Å². The third-order valence-corrected chi connectivity index (χ3v) is 10.9. The van der Waals surface area contributed by atoms with Gasteiger partial charge in [0, 0.05) is 6.42 Å². The summed E-state index contributed by atoms with van der Waals surface area (Å²) in [6.45, 7) is 6.30. The van der Waals surface area contributed by atoms with Crippen LogP contribution in [0.5, 0.6) is 0 Å². The van der Waals surface area contributed by atoms with Gasteiger partial charge in [0.2, 0.25) is 5.91 Å². The van der Waals surface area contributed by atoms with E-state index in [0.717, 1.165) is 83.5 Å². The number of nitrogens with one attached hydrogen (secondary N) is 1. The summed E-state index contributed by atoms with van der Waals surface area (Å²) in [6, 6.07) is -0.735. The van der Waals surface area contributed by atoms with Gasteiger partial charge < -0.3 is 20.3 Å². The molecule has 0 heterocycles. The van der Waals surface area contributed by atoms with Gasteiger partial charge in [0.25, 0.3) is 0 Å². The molecule has 0 saturated heterocycles. The second kappa shape index (κ2) is 48.8. The summed E-state index contributed by atoms with van der Waals surface area (Å²) >= 11 is 0. The number of unbranched alkanes of at least 4 members (excludes halogenated alkanes) is 16. The van der Waals surface area contributed by atoms with E-state index in [9.17, 15) is 19.8 Å². The van der Waals surface area contributed by atoms with Gasteiger partial charge in [-0.05, 0) is 96.3 Å². The van der Waals surface area contributed by atoms with Crippen molar-refractivity contribution in [3.8, 4) is 0 Å². The molecule has 6 heteroatoms. The molecule has 62 heavy (non-hydrogen) atoms. The normalized spacial score (nSPS) is 14.1. The molecule has 6 nitrogen and oxygen atoms in total. The van der Waals surface area contributed by atoms with Crippen molar-refractivity contribution in [3.05, 3.63) is 97.2 Å². The van der Waals surface area contributed by atoms with Gasteiger partial charge in [-0.3, -0.25) is 9.59 Å². The van der Waals surface area contributed by atoms with Crippen molar-refractivity contribution in [2.75, 3.05) is 6.61 Å². The highest BCUT2D eigenvalue weighted by Gasteiger charge is 2.24. The minimum absolute atomic E-state index is 0.0128.